The van der Waals surface area contributed by atoms with Gasteiger partial charge in [0, 0.05) is 30.6 Å². The van der Waals surface area contributed by atoms with E-state index in [1.54, 1.807) is 18.2 Å². The number of rotatable bonds is 11. The van der Waals surface area contributed by atoms with E-state index in [1.165, 1.54) is 24.2 Å². The van der Waals surface area contributed by atoms with Gasteiger partial charge in [-0.2, -0.15) is 0 Å². The zero-order chi connectivity index (χ0) is 22.2. The molecule has 2 heterocycles. The highest BCUT2D eigenvalue weighted by atomic mass is 16.2. The van der Waals surface area contributed by atoms with E-state index >= 15 is 0 Å². The largest absolute Gasteiger partial charge is 0.330 e. The number of fused-ring (bicyclic) bond motifs is 1. The van der Waals surface area contributed by atoms with E-state index in [1.807, 2.05) is 0 Å². The van der Waals surface area contributed by atoms with Crippen LogP contribution in [0.4, 0.5) is 5.69 Å². The Bertz CT molecular complexity index is 839. The van der Waals surface area contributed by atoms with Gasteiger partial charge < -0.3 is 16.0 Å². The topological polar surface area (TPSA) is 122 Å². The molecule has 8 heteroatoms. The molecule has 2 aliphatic heterocycles. The molecule has 0 saturated carbocycles. The molecule has 4 amide bonds. The van der Waals surface area contributed by atoms with Crippen molar-refractivity contribution in [3.63, 3.8) is 0 Å². The van der Waals surface area contributed by atoms with E-state index in [0.717, 1.165) is 37.8 Å². The molecular formula is C23H32N4O4. The highest BCUT2D eigenvalue weighted by Crippen LogP contribution is 2.29. The van der Waals surface area contributed by atoms with Gasteiger partial charge in [-0.25, -0.2) is 0 Å². The number of piperidine rings is 1. The lowest BCUT2D eigenvalue weighted by atomic mass is 10.0. The molecular weight excluding hydrogens is 396 g/mol. The number of amides is 4. The second-order valence-electron chi connectivity index (χ2n) is 8.33. The van der Waals surface area contributed by atoms with Gasteiger partial charge in [0.2, 0.25) is 17.7 Å². The third-order valence-electron chi connectivity index (χ3n) is 5.92. The average molecular weight is 429 g/mol. The summed E-state index contributed by atoms with van der Waals surface area (Å²) in [7, 11) is 0. The second-order valence-corrected chi connectivity index (χ2v) is 8.33. The van der Waals surface area contributed by atoms with Gasteiger partial charge in [0.15, 0.2) is 0 Å². The highest BCUT2D eigenvalue weighted by Gasteiger charge is 2.39. The van der Waals surface area contributed by atoms with Crippen LogP contribution in [0.3, 0.4) is 0 Å². The minimum atomic E-state index is -0.633. The number of carbonyl (C=O) groups excluding carboxylic acids is 4. The lowest BCUT2D eigenvalue weighted by Crippen LogP contribution is -2.52. The Labute approximate surface area is 182 Å². The van der Waals surface area contributed by atoms with E-state index in [-0.39, 0.29) is 24.1 Å². The number of hydrogen-bond acceptors (Lipinski definition) is 5. The maximum Gasteiger partial charge on any atom is 0.255 e. The third kappa shape index (κ3) is 6.13. The summed E-state index contributed by atoms with van der Waals surface area (Å²) >= 11 is 0. The van der Waals surface area contributed by atoms with E-state index in [0.29, 0.717) is 30.6 Å². The van der Waals surface area contributed by atoms with E-state index in [2.05, 4.69) is 10.6 Å². The molecule has 0 spiro atoms. The quantitative estimate of drug-likeness (QED) is 0.369. The first kappa shape index (κ1) is 22.9. The molecule has 8 nitrogen and oxygen atoms in total. The highest BCUT2D eigenvalue weighted by molar-refractivity contribution is 6.05. The number of nitrogens with zero attached hydrogens (tertiary/aromatic N) is 1. The van der Waals surface area contributed by atoms with Crippen molar-refractivity contribution in [2.24, 2.45) is 5.73 Å². The first-order valence-electron chi connectivity index (χ1n) is 11.3. The molecule has 0 radical (unpaired) electrons. The summed E-state index contributed by atoms with van der Waals surface area (Å²) in [5.41, 5.74) is 7.46. The molecule has 1 atom stereocenters. The lowest BCUT2D eigenvalue weighted by Gasteiger charge is -2.29. The normalized spacial score (nSPS) is 18.2. The van der Waals surface area contributed by atoms with Crippen molar-refractivity contribution >= 4 is 29.3 Å². The second kappa shape index (κ2) is 11.0. The number of benzene rings is 1. The number of nitrogens with two attached hydrogens (primary N) is 1. The molecule has 1 fully saturated rings. The smallest absolute Gasteiger partial charge is 0.255 e. The summed E-state index contributed by atoms with van der Waals surface area (Å²) in [4.78, 5) is 50.0. The van der Waals surface area contributed by atoms with Crippen molar-refractivity contribution in [3.05, 3.63) is 29.3 Å². The molecule has 3 rings (SSSR count). The van der Waals surface area contributed by atoms with Crippen LogP contribution in [0.2, 0.25) is 0 Å². The zero-order valence-electron chi connectivity index (χ0n) is 18.0. The van der Waals surface area contributed by atoms with Crippen LogP contribution < -0.4 is 16.4 Å². The minimum absolute atomic E-state index is 0.0329. The molecule has 1 aromatic carbocycles. The van der Waals surface area contributed by atoms with Crippen LogP contribution in [0.25, 0.3) is 0 Å². The number of nitrogens with one attached hydrogen (secondary N) is 2. The summed E-state index contributed by atoms with van der Waals surface area (Å²) in [6.45, 7) is 1.06. The van der Waals surface area contributed by atoms with Crippen molar-refractivity contribution < 1.29 is 19.2 Å². The van der Waals surface area contributed by atoms with Crippen LogP contribution in [0.1, 0.15) is 80.1 Å². The first-order chi connectivity index (χ1) is 15.0. The van der Waals surface area contributed by atoms with Gasteiger partial charge in [0.25, 0.3) is 5.91 Å². The molecule has 2 aliphatic rings. The average Bonchev–Trinajstić information content (AvgIpc) is 3.05. The van der Waals surface area contributed by atoms with Gasteiger partial charge in [0.05, 0.1) is 0 Å². The summed E-state index contributed by atoms with van der Waals surface area (Å²) < 4.78 is 0. The van der Waals surface area contributed by atoms with Gasteiger partial charge in [-0.1, -0.05) is 32.1 Å². The fourth-order valence-electron chi connectivity index (χ4n) is 4.19. The zero-order valence-corrected chi connectivity index (χ0v) is 18.0. The third-order valence-corrected chi connectivity index (χ3v) is 5.92. The Hall–Kier alpha value is -2.74. The number of anilines is 1. The van der Waals surface area contributed by atoms with Crippen molar-refractivity contribution in [2.75, 3.05) is 11.9 Å². The van der Waals surface area contributed by atoms with Crippen LogP contribution >= 0.6 is 0 Å². The van der Waals surface area contributed by atoms with Crippen LogP contribution in [0, 0.1) is 0 Å². The molecule has 31 heavy (non-hydrogen) atoms. The lowest BCUT2D eigenvalue weighted by molar-refractivity contribution is -0.137. The van der Waals surface area contributed by atoms with E-state index in [4.69, 9.17) is 5.73 Å². The van der Waals surface area contributed by atoms with E-state index in [9.17, 15) is 19.2 Å². The standard InChI is InChI=1S/C23H32N4O4/c24-13-7-5-3-1-2-4-6-8-20(28)25-17-9-10-18-16(14-17)15-27(23(18)31)19-11-12-21(29)26-22(19)30/h9-10,14,19H,1-8,11-13,15,24H2,(H,25,28)(H,26,29,30). The fraction of sp³-hybridized carbons (Fsp3) is 0.565. The number of unbranched alkanes of at least 4 members (excludes halogenated alkanes) is 6. The maximum atomic E-state index is 12.7. The van der Waals surface area contributed by atoms with Crippen LogP contribution in [-0.2, 0) is 20.9 Å². The molecule has 0 bridgehead atoms. The Kier molecular flexibility index (Phi) is 8.17. The number of hydrogen-bond donors (Lipinski definition) is 3. The first-order valence-corrected chi connectivity index (χ1v) is 11.3. The predicted molar refractivity (Wildman–Crippen MR) is 117 cm³/mol. The Morgan fingerprint density at radius 1 is 1.06 bits per heavy atom. The summed E-state index contributed by atoms with van der Waals surface area (Å²) in [6.07, 6.45) is 8.71. The number of imide groups is 1. The molecule has 1 unspecified atom stereocenters. The summed E-state index contributed by atoms with van der Waals surface area (Å²) in [5.74, 6) is -0.976. The van der Waals surface area contributed by atoms with Crippen molar-refractivity contribution in [3.8, 4) is 0 Å². The SMILES string of the molecule is NCCCCCCCCCC(=O)Nc1ccc2c(c1)CN(C1CCC(=O)NC1=O)C2=O. The van der Waals surface area contributed by atoms with Crippen LogP contribution in [0.5, 0.6) is 0 Å². The Balaban J connectivity index is 1.45. The van der Waals surface area contributed by atoms with Crippen molar-refractivity contribution in [1.29, 1.82) is 0 Å². The van der Waals surface area contributed by atoms with Gasteiger partial charge >= 0.3 is 0 Å². The minimum Gasteiger partial charge on any atom is -0.330 e. The van der Waals surface area contributed by atoms with Gasteiger partial charge in [0.1, 0.15) is 6.04 Å². The monoisotopic (exact) mass is 428 g/mol. The van der Waals surface area contributed by atoms with Gasteiger partial charge in [-0.15, -0.1) is 0 Å². The van der Waals surface area contributed by atoms with Crippen molar-refractivity contribution in [1.82, 2.24) is 10.2 Å². The predicted octanol–water partition coefficient (Wildman–Crippen LogP) is 2.47. The van der Waals surface area contributed by atoms with Gasteiger partial charge in [-0.05, 0) is 49.6 Å². The molecule has 1 aromatic rings. The Morgan fingerprint density at radius 3 is 2.48 bits per heavy atom. The molecule has 0 aliphatic carbocycles. The molecule has 1 saturated heterocycles. The molecule has 4 N–H and O–H groups in total. The van der Waals surface area contributed by atoms with E-state index < -0.39 is 11.9 Å². The van der Waals surface area contributed by atoms with Gasteiger partial charge in [-0.3, -0.25) is 24.5 Å². The Morgan fingerprint density at radius 2 is 1.77 bits per heavy atom. The van der Waals surface area contributed by atoms with Crippen LogP contribution in [-0.4, -0.2) is 41.1 Å². The molecule has 168 valence electrons. The summed E-state index contributed by atoms with van der Waals surface area (Å²) in [5, 5.41) is 5.21. The number of carbonyl (C=O) groups is 4. The van der Waals surface area contributed by atoms with Crippen molar-refractivity contribution in [2.45, 2.75) is 76.8 Å². The fourth-order valence-corrected chi connectivity index (χ4v) is 4.19. The molecule has 0 aromatic heterocycles. The summed E-state index contributed by atoms with van der Waals surface area (Å²) in [6, 6.07) is 4.58. The maximum absolute atomic E-state index is 12.7. The van der Waals surface area contributed by atoms with Crippen LogP contribution in [0.15, 0.2) is 18.2 Å².